The van der Waals surface area contributed by atoms with E-state index in [1.165, 1.54) is 24.0 Å². The molecule has 5 rings (SSSR count). The van der Waals surface area contributed by atoms with Gasteiger partial charge in [-0.15, -0.1) is 0 Å². The molecule has 0 radical (unpaired) electrons. The van der Waals surface area contributed by atoms with Crippen molar-refractivity contribution < 1.29 is 14.7 Å². The first-order valence-corrected chi connectivity index (χ1v) is 17.9. The molecule has 4 nitrogen and oxygen atoms in total. The van der Waals surface area contributed by atoms with Crippen LogP contribution >= 0.6 is 12.6 Å². The first-order valence-electron chi connectivity index (χ1n) is 17.4. The molecule has 2 amide bonds. The second-order valence-electron chi connectivity index (χ2n) is 15.8. The van der Waals surface area contributed by atoms with Gasteiger partial charge < -0.3 is 5.11 Å². The number of aliphatic hydroxyl groups is 1. The van der Waals surface area contributed by atoms with Crippen molar-refractivity contribution in [2.24, 2.45) is 22.7 Å². The average Bonchev–Trinajstić information content (AvgIpc) is 3.10. The maximum absolute atomic E-state index is 13.1. The Morgan fingerprint density at radius 2 is 1.40 bits per heavy atom. The number of benzene rings is 2. The van der Waals surface area contributed by atoms with Crippen LogP contribution in [0, 0.1) is 22.7 Å². The van der Waals surface area contributed by atoms with Crippen molar-refractivity contribution in [1.29, 1.82) is 0 Å². The summed E-state index contributed by atoms with van der Waals surface area (Å²) in [4.78, 5) is 26.3. The predicted octanol–water partition coefficient (Wildman–Crippen LogP) is 9.99. The summed E-state index contributed by atoms with van der Waals surface area (Å²) in [6.45, 7) is 21.1. The molecule has 0 aromatic heterocycles. The Morgan fingerprint density at radius 1 is 0.830 bits per heavy atom. The Morgan fingerprint density at radius 3 is 2.02 bits per heavy atom. The summed E-state index contributed by atoms with van der Waals surface area (Å²) < 4.78 is 0. The van der Waals surface area contributed by atoms with Crippen molar-refractivity contribution in [3.05, 3.63) is 94.1 Å². The average molecular weight is 658 g/mol. The van der Waals surface area contributed by atoms with E-state index in [0.717, 1.165) is 66.9 Å². The molecule has 0 saturated carbocycles. The number of allylic oxidation sites excluding steroid dienone is 1. The number of fused-ring (bicyclic) bond motifs is 2. The highest BCUT2D eigenvalue weighted by Crippen LogP contribution is 2.43. The monoisotopic (exact) mass is 657 g/mol. The van der Waals surface area contributed by atoms with Gasteiger partial charge in [-0.2, -0.15) is 12.6 Å². The number of nitrogens with one attached hydrogen (secondary N) is 1. The molecule has 2 aliphatic carbocycles. The van der Waals surface area contributed by atoms with Gasteiger partial charge in [0.25, 0.3) is 11.8 Å². The first-order chi connectivity index (χ1) is 22.1. The maximum atomic E-state index is 13.1. The molecule has 1 heterocycles. The van der Waals surface area contributed by atoms with Gasteiger partial charge in [0, 0.05) is 12.4 Å². The van der Waals surface area contributed by atoms with E-state index in [2.05, 4.69) is 91.9 Å². The van der Waals surface area contributed by atoms with Gasteiger partial charge in [-0.25, -0.2) is 0 Å². The number of aryl methyl sites for hydroxylation is 1. The Bertz CT molecular complexity index is 1500. The Kier molecular flexibility index (Phi) is 13.5. The predicted molar refractivity (Wildman–Crippen MR) is 202 cm³/mol. The molecule has 1 aliphatic heterocycles. The van der Waals surface area contributed by atoms with Crippen molar-refractivity contribution in [2.75, 3.05) is 7.11 Å². The zero-order valence-corrected chi connectivity index (χ0v) is 31.4. The summed E-state index contributed by atoms with van der Waals surface area (Å²) >= 11 is 4.74. The molecule has 3 aliphatic rings. The van der Waals surface area contributed by atoms with Crippen molar-refractivity contribution in [3.63, 3.8) is 0 Å². The normalized spacial score (nSPS) is 20.3. The van der Waals surface area contributed by atoms with Crippen LogP contribution in [0.25, 0.3) is 11.1 Å². The fourth-order valence-electron chi connectivity index (χ4n) is 7.26. The number of rotatable bonds is 6. The Balaban J connectivity index is 0.000000319. The lowest BCUT2D eigenvalue weighted by atomic mass is 9.72. The van der Waals surface area contributed by atoms with E-state index in [-0.39, 0.29) is 17.1 Å². The highest BCUT2D eigenvalue weighted by atomic mass is 32.1. The lowest BCUT2D eigenvalue weighted by Gasteiger charge is -2.34. The van der Waals surface area contributed by atoms with E-state index >= 15 is 0 Å². The number of hydrogen-bond donors (Lipinski definition) is 3. The number of amides is 2. The molecule has 5 heteroatoms. The lowest BCUT2D eigenvalue weighted by molar-refractivity contribution is -0.123. The van der Waals surface area contributed by atoms with E-state index in [0.29, 0.717) is 27.9 Å². The van der Waals surface area contributed by atoms with Gasteiger partial charge in [0.05, 0.1) is 11.1 Å². The molecular formula is C42H59NO3S. The molecule has 47 heavy (non-hydrogen) atoms. The summed E-state index contributed by atoms with van der Waals surface area (Å²) in [6.07, 6.45) is 10.5. The number of thiol groups is 1. The van der Waals surface area contributed by atoms with Crippen molar-refractivity contribution in [1.82, 2.24) is 5.32 Å². The number of hydrogen-bond acceptors (Lipinski definition) is 4. The zero-order chi connectivity index (χ0) is 35.1. The highest BCUT2D eigenvalue weighted by molar-refractivity contribution is 7.81. The maximum Gasteiger partial charge on any atom is 0.259 e. The molecule has 0 bridgehead atoms. The minimum absolute atomic E-state index is 0.0232. The summed E-state index contributed by atoms with van der Waals surface area (Å²) in [7, 11) is 1.00. The third kappa shape index (κ3) is 9.83. The van der Waals surface area contributed by atoms with Gasteiger partial charge in [-0.05, 0) is 101 Å². The topological polar surface area (TPSA) is 66.4 Å². The SMILES string of the molecule is CC(CC(C)(C)C)CC(C)(C)C(C)C.CC1CCC=C(C2=C(C3=CC(S)CCc4ccccc43)C(=O)NC2=O)c2ccccc21.CO. The molecule has 2 N–H and O–H groups in total. The van der Waals surface area contributed by atoms with Crippen LogP contribution in [0.3, 0.4) is 0 Å². The van der Waals surface area contributed by atoms with Gasteiger partial charge in [0.1, 0.15) is 0 Å². The largest absolute Gasteiger partial charge is 0.400 e. The van der Waals surface area contributed by atoms with Crippen LogP contribution in [-0.4, -0.2) is 29.3 Å². The van der Waals surface area contributed by atoms with Crippen molar-refractivity contribution >= 4 is 35.6 Å². The van der Waals surface area contributed by atoms with E-state index in [1.807, 2.05) is 36.4 Å². The lowest BCUT2D eigenvalue weighted by Crippen LogP contribution is -2.24. The summed E-state index contributed by atoms with van der Waals surface area (Å²) in [6, 6.07) is 16.4. The molecule has 0 spiro atoms. The zero-order valence-electron chi connectivity index (χ0n) is 30.5. The van der Waals surface area contributed by atoms with Gasteiger partial charge >= 0.3 is 0 Å². The van der Waals surface area contributed by atoms with Crippen molar-refractivity contribution in [2.45, 2.75) is 112 Å². The number of imide groups is 1. The quantitative estimate of drug-likeness (QED) is 0.214. The van der Waals surface area contributed by atoms with E-state index < -0.39 is 0 Å². The Labute approximate surface area is 290 Å². The van der Waals surface area contributed by atoms with Gasteiger partial charge in [0.2, 0.25) is 0 Å². The molecule has 3 unspecified atom stereocenters. The third-order valence-electron chi connectivity index (χ3n) is 9.97. The third-order valence-corrected chi connectivity index (χ3v) is 10.4. The molecule has 2 aromatic rings. The van der Waals surface area contributed by atoms with E-state index in [1.54, 1.807) is 0 Å². The summed E-state index contributed by atoms with van der Waals surface area (Å²) in [5.41, 5.74) is 8.13. The minimum Gasteiger partial charge on any atom is -0.400 e. The second-order valence-corrected chi connectivity index (χ2v) is 16.4. The molecule has 2 aromatic carbocycles. The number of carbonyl (C=O) groups excluding carboxylic acids is 2. The standard InChI is InChI=1S/C27H25NO2S.C14H30.CH4O/c1-16-7-6-12-22(21-11-5-4-9-19(16)21)24-25(27(30)28-26(24)29)23-15-18(31)14-13-17-8-2-3-10-20(17)23;1-11(2)14(7,8)10-12(3)9-13(4,5)6;1-2/h2-5,8-12,15-16,18,31H,6-7,13-14H2,1H3,(H,28,29,30);11-12H,9-10H2,1-8H3;2H,1H3. The van der Waals surface area contributed by atoms with Gasteiger partial charge in [-0.1, -0.05) is 123 Å². The van der Waals surface area contributed by atoms with Crippen LogP contribution in [0.15, 0.2) is 71.8 Å². The highest BCUT2D eigenvalue weighted by Gasteiger charge is 2.37. The van der Waals surface area contributed by atoms with Crippen LogP contribution in [-0.2, 0) is 16.0 Å². The number of carbonyl (C=O) groups is 2. The van der Waals surface area contributed by atoms with Crippen LogP contribution in [0.4, 0.5) is 0 Å². The molecule has 256 valence electrons. The molecular weight excluding hydrogens is 599 g/mol. The van der Waals surface area contributed by atoms with Crippen LogP contribution in [0.2, 0.25) is 0 Å². The second kappa shape index (κ2) is 16.5. The number of aliphatic hydroxyl groups excluding tert-OH is 1. The van der Waals surface area contributed by atoms with Crippen LogP contribution in [0.5, 0.6) is 0 Å². The fraction of sp³-hybridized carbons (Fsp3) is 0.524. The first kappa shape index (κ1) is 38.6. The van der Waals surface area contributed by atoms with Crippen molar-refractivity contribution in [3.8, 4) is 0 Å². The summed E-state index contributed by atoms with van der Waals surface area (Å²) in [5, 5.41) is 9.60. The molecule has 3 atom stereocenters. The van der Waals surface area contributed by atoms with Gasteiger partial charge in [-0.3, -0.25) is 14.9 Å². The van der Waals surface area contributed by atoms with Crippen LogP contribution < -0.4 is 5.32 Å². The summed E-state index contributed by atoms with van der Waals surface area (Å²) in [5.74, 6) is 1.39. The van der Waals surface area contributed by atoms with Crippen LogP contribution in [0.1, 0.15) is 123 Å². The Hall–Kier alpha value is -2.89. The molecule has 0 fully saturated rings. The minimum atomic E-state index is -0.320. The van der Waals surface area contributed by atoms with E-state index in [4.69, 9.17) is 17.7 Å². The van der Waals surface area contributed by atoms with E-state index in [9.17, 15) is 9.59 Å². The smallest absolute Gasteiger partial charge is 0.259 e. The molecule has 0 saturated heterocycles. The van der Waals surface area contributed by atoms with Gasteiger partial charge in [0.15, 0.2) is 0 Å². The fourth-order valence-corrected chi connectivity index (χ4v) is 7.54.